The molecule has 0 aliphatic carbocycles. The molecule has 4 rings (SSSR count). The van der Waals surface area contributed by atoms with E-state index in [1.165, 1.54) is 10.0 Å². The Morgan fingerprint density at radius 1 is 0.719 bits per heavy atom. The van der Waals surface area contributed by atoms with Gasteiger partial charge in [-0.15, -0.1) is 0 Å². The lowest BCUT2D eigenvalue weighted by Gasteiger charge is -2.12. The number of anilines is 2. The van der Waals surface area contributed by atoms with E-state index in [2.05, 4.69) is 20.2 Å². The number of amides is 2. The van der Waals surface area contributed by atoms with Crippen LogP contribution in [0.15, 0.2) is 80.9 Å². The summed E-state index contributed by atoms with van der Waals surface area (Å²) >= 11 is 0. The third-order valence-corrected chi connectivity index (χ3v) is 5.23. The van der Waals surface area contributed by atoms with Crippen LogP contribution in [0.2, 0.25) is 0 Å². The molecule has 0 aromatic heterocycles. The molecule has 2 amide bonds. The number of benzene rings is 2. The van der Waals surface area contributed by atoms with Crippen LogP contribution < -0.4 is 10.0 Å². The molecule has 0 radical (unpaired) electrons. The van der Waals surface area contributed by atoms with Crippen LogP contribution in [-0.2, 0) is 9.59 Å². The van der Waals surface area contributed by atoms with Crippen molar-refractivity contribution in [3.63, 3.8) is 0 Å². The van der Waals surface area contributed by atoms with Gasteiger partial charge in [0, 0.05) is 12.4 Å². The first-order valence-electron chi connectivity index (χ1n) is 10.4. The minimum absolute atomic E-state index is 0.120. The maximum Gasteiger partial charge on any atom is 0.261 e. The summed E-state index contributed by atoms with van der Waals surface area (Å²) in [6, 6.07) is 18.6. The lowest BCUT2D eigenvalue weighted by Crippen LogP contribution is -2.28. The highest BCUT2D eigenvalue weighted by atomic mass is 16.2. The molecule has 0 fully saturated rings. The largest absolute Gasteiger partial charge is 0.294 e. The molecule has 0 saturated carbocycles. The zero-order chi connectivity index (χ0) is 22.5. The maximum absolute atomic E-state index is 12.7. The summed E-state index contributed by atoms with van der Waals surface area (Å²) in [5.74, 6) is -1.18. The molecule has 8 nitrogen and oxygen atoms in total. The molecule has 162 valence electrons. The fourth-order valence-electron chi connectivity index (χ4n) is 3.49. The van der Waals surface area contributed by atoms with Gasteiger partial charge in [0.25, 0.3) is 11.8 Å². The minimum Gasteiger partial charge on any atom is -0.294 e. The fraction of sp³-hybridized carbons (Fsp3) is 0.250. The van der Waals surface area contributed by atoms with Gasteiger partial charge in [0.2, 0.25) is 0 Å². The highest BCUT2D eigenvalue weighted by Crippen LogP contribution is 2.23. The molecule has 32 heavy (non-hydrogen) atoms. The van der Waals surface area contributed by atoms with Gasteiger partial charge in [-0.1, -0.05) is 36.4 Å². The highest BCUT2D eigenvalue weighted by molar-refractivity contribution is 6.24. The first kappa shape index (κ1) is 21.3. The average Bonchev–Trinajstić information content (AvgIpc) is 3.26. The summed E-state index contributed by atoms with van der Waals surface area (Å²) in [7, 11) is 0. The van der Waals surface area contributed by atoms with E-state index in [9.17, 15) is 9.59 Å². The van der Waals surface area contributed by atoms with E-state index in [0.29, 0.717) is 24.5 Å². The minimum atomic E-state index is -0.468. The van der Waals surface area contributed by atoms with Gasteiger partial charge in [-0.25, -0.2) is 0 Å². The SMILES string of the molecule is CC1=NN(c2ccccc2)C(=O)C1C=NCCN=CC1C(=O)N(c2ccccc2)N=C1C. The predicted molar refractivity (Wildman–Crippen MR) is 128 cm³/mol. The Bertz CT molecular complexity index is 1020. The zero-order valence-corrected chi connectivity index (χ0v) is 18.0. The molecule has 8 heteroatoms. The van der Waals surface area contributed by atoms with Gasteiger partial charge in [-0.05, 0) is 38.1 Å². The molecule has 2 heterocycles. The van der Waals surface area contributed by atoms with Crippen molar-refractivity contribution in [1.82, 2.24) is 0 Å². The summed E-state index contributed by atoms with van der Waals surface area (Å²) in [6.45, 7) is 4.47. The Kier molecular flexibility index (Phi) is 6.30. The molecule has 2 aromatic carbocycles. The molecular weight excluding hydrogens is 404 g/mol. The van der Waals surface area contributed by atoms with Gasteiger partial charge in [0.1, 0.15) is 11.8 Å². The number of hydrazone groups is 2. The number of rotatable bonds is 7. The second-order valence-corrected chi connectivity index (χ2v) is 7.52. The Morgan fingerprint density at radius 3 is 1.47 bits per heavy atom. The number of aliphatic imine (C=N–C) groups is 2. The molecule has 2 aromatic rings. The third kappa shape index (κ3) is 4.39. The summed E-state index contributed by atoms with van der Waals surface area (Å²) in [5, 5.41) is 11.5. The standard InChI is InChI=1S/C24H24N6O2/c1-17-21(23(31)29(27-17)19-9-5-3-6-10-19)15-25-13-14-26-16-22-18(2)28-30(24(22)32)20-11-7-4-8-12-20/h3-12,15-16,21-22H,13-14H2,1-2H3. The first-order valence-corrected chi connectivity index (χ1v) is 10.4. The number of carbonyl (C=O) groups excluding carboxylic acids is 2. The third-order valence-electron chi connectivity index (χ3n) is 5.23. The van der Waals surface area contributed by atoms with Crippen molar-refractivity contribution in [3.05, 3.63) is 60.7 Å². The van der Waals surface area contributed by atoms with Crippen LogP contribution >= 0.6 is 0 Å². The number of carbonyl (C=O) groups is 2. The lowest BCUT2D eigenvalue weighted by atomic mass is 10.1. The summed E-state index contributed by atoms with van der Waals surface area (Å²) in [6.07, 6.45) is 3.26. The van der Waals surface area contributed by atoms with Crippen molar-refractivity contribution < 1.29 is 9.59 Å². The molecule has 0 spiro atoms. The molecular formula is C24H24N6O2. The smallest absolute Gasteiger partial charge is 0.261 e. The molecule has 2 unspecified atom stereocenters. The van der Waals surface area contributed by atoms with Gasteiger partial charge in [-0.3, -0.25) is 19.6 Å². The van der Waals surface area contributed by atoms with Gasteiger partial charge in [0.05, 0.1) is 35.9 Å². The Labute approximate surface area is 186 Å². The molecule has 2 atom stereocenters. The van der Waals surface area contributed by atoms with E-state index < -0.39 is 11.8 Å². The van der Waals surface area contributed by atoms with Crippen molar-refractivity contribution in [1.29, 1.82) is 0 Å². The van der Waals surface area contributed by atoms with Crippen LogP contribution in [0, 0.1) is 11.8 Å². The van der Waals surface area contributed by atoms with E-state index in [1.54, 1.807) is 12.4 Å². The van der Waals surface area contributed by atoms with Crippen LogP contribution in [0.5, 0.6) is 0 Å². The molecule has 0 saturated heterocycles. The predicted octanol–water partition coefficient (Wildman–Crippen LogP) is 3.21. The van der Waals surface area contributed by atoms with Crippen molar-refractivity contribution in [2.24, 2.45) is 32.0 Å². The van der Waals surface area contributed by atoms with Crippen LogP contribution in [0.4, 0.5) is 11.4 Å². The fourth-order valence-corrected chi connectivity index (χ4v) is 3.49. The van der Waals surface area contributed by atoms with Crippen LogP contribution in [-0.4, -0.2) is 48.8 Å². The molecule has 0 bridgehead atoms. The normalized spacial score (nSPS) is 21.2. The van der Waals surface area contributed by atoms with E-state index in [-0.39, 0.29) is 11.8 Å². The number of nitrogens with zero attached hydrogens (tertiary/aromatic N) is 6. The molecule has 2 aliphatic rings. The highest BCUT2D eigenvalue weighted by Gasteiger charge is 2.34. The summed E-state index contributed by atoms with van der Waals surface area (Å²) < 4.78 is 0. The maximum atomic E-state index is 12.7. The molecule has 0 N–H and O–H groups in total. The second kappa shape index (κ2) is 9.47. The van der Waals surface area contributed by atoms with Gasteiger partial charge in [-0.2, -0.15) is 20.2 Å². The summed E-state index contributed by atoms with van der Waals surface area (Å²) in [4.78, 5) is 34.0. The van der Waals surface area contributed by atoms with E-state index in [4.69, 9.17) is 0 Å². The van der Waals surface area contributed by atoms with Crippen molar-refractivity contribution in [2.75, 3.05) is 23.1 Å². The molecule has 2 aliphatic heterocycles. The van der Waals surface area contributed by atoms with Gasteiger partial charge >= 0.3 is 0 Å². The zero-order valence-electron chi connectivity index (χ0n) is 18.0. The Hall–Kier alpha value is -3.94. The Morgan fingerprint density at radius 2 is 1.09 bits per heavy atom. The number of hydrogen-bond acceptors (Lipinski definition) is 6. The second-order valence-electron chi connectivity index (χ2n) is 7.52. The summed E-state index contributed by atoms with van der Waals surface area (Å²) in [5.41, 5.74) is 2.88. The van der Waals surface area contributed by atoms with Gasteiger partial charge < -0.3 is 0 Å². The number of hydrogen-bond donors (Lipinski definition) is 0. The average molecular weight is 428 g/mol. The van der Waals surface area contributed by atoms with Crippen molar-refractivity contribution >= 4 is 47.0 Å². The van der Waals surface area contributed by atoms with E-state index in [1.807, 2.05) is 74.5 Å². The number of para-hydroxylation sites is 2. The van der Waals surface area contributed by atoms with Crippen LogP contribution in [0.25, 0.3) is 0 Å². The van der Waals surface area contributed by atoms with Crippen LogP contribution in [0.1, 0.15) is 13.8 Å². The Balaban J connectivity index is 1.29. The first-order chi connectivity index (χ1) is 15.6. The van der Waals surface area contributed by atoms with E-state index >= 15 is 0 Å². The van der Waals surface area contributed by atoms with Crippen molar-refractivity contribution in [3.8, 4) is 0 Å². The topological polar surface area (TPSA) is 90.1 Å². The lowest BCUT2D eigenvalue weighted by molar-refractivity contribution is -0.119. The van der Waals surface area contributed by atoms with Crippen LogP contribution in [0.3, 0.4) is 0 Å². The van der Waals surface area contributed by atoms with Crippen molar-refractivity contribution in [2.45, 2.75) is 13.8 Å². The quantitative estimate of drug-likeness (QED) is 0.501. The van der Waals surface area contributed by atoms with E-state index in [0.717, 1.165) is 11.4 Å². The van der Waals surface area contributed by atoms with Gasteiger partial charge in [0.15, 0.2) is 0 Å². The monoisotopic (exact) mass is 428 g/mol.